The molecule has 0 fully saturated rings. The van der Waals surface area contributed by atoms with Crippen molar-refractivity contribution < 1.29 is 13.2 Å². The molecule has 0 spiro atoms. The minimum absolute atomic E-state index is 0.0116. The van der Waals surface area contributed by atoms with E-state index in [1.165, 1.54) is 0 Å². The Morgan fingerprint density at radius 3 is 2.47 bits per heavy atom. The number of benzene rings is 2. The van der Waals surface area contributed by atoms with Crippen molar-refractivity contribution in [1.29, 1.82) is 0 Å². The van der Waals surface area contributed by atoms with Gasteiger partial charge in [-0.25, -0.2) is 17.9 Å². The molecule has 0 atom stereocenters. The van der Waals surface area contributed by atoms with Crippen LogP contribution in [0.3, 0.4) is 0 Å². The fourth-order valence-corrected chi connectivity index (χ4v) is 4.38. The molecule has 0 radical (unpaired) electrons. The summed E-state index contributed by atoms with van der Waals surface area (Å²) in [6, 6.07) is 16.0. The van der Waals surface area contributed by atoms with Gasteiger partial charge in [-0.1, -0.05) is 41.9 Å². The molecule has 0 aliphatic heterocycles. The molecule has 7 nitrogen and oxygen atoms in total. The van der Waals surface area contributed by atoms with Gasteiger partial charge >= 0.3 is 6.03 Å². The molecule has 3 aromatic rings. The van der Waals surface area contributed by atoms with Gasteiger partial charge in [-0.2, -0.15) is 5.10 Å². The Kier molecular flexibility index (Phi) is 7.48. The fraction of sp³-hybridized carbons (Fsp3) is 0.238. The molecule has 158 valence electrons. The number of amides is 2. The Labute approximate surface area is 181 Å². The van der Waals surface area contributed by atoms with E-state index in [2.05, 4.69) is 15.7 Å². The van der Waals surface area contributed by atoms with E-state index in [0.717, 1.165) is 16.8 Å². The fourth-order valence-electron chi connectivity index (χ4n) is 2.83. The van der Waals surface area contributed by atoms with E-state index < -0.39 is 9.84 Å². The molecular weight excluding hydrogens is 424 g/mol. The van der Waals surface area contributed by atoms with Crippen LogP contribution in [-0.2, 0) is 22.1 Å². The van der Waals surface area contributed by atoms with Crippen LogP contribution >= 0.6 is 11.6 Å². The molecule has 9 heteroatoms. The number of carbonyl (C=O) groups excluding carboxylic acids is 1. The van der Waals surface area contributed by atoms with Crippen LogP contribution in [0.2, 0.25) is 5.02 Å². The van der Waals surface area contributed by atoms with E-state index in [0.29, 0.717) is 18.0 Å². The van der Waals surface area contributed by atoms with Crippen molar-refractivity contribution in [1.82, 2.24) is 20.4 Å². The number of urea groups is 1. The van der Waals surface area contributed by atoms with Gasteiger partial charge in [0.05, 0.1) is 23.4 Å². The van der Waals surface area contributed by atoms with Crippen molar-refractivity contribution in [3.05, 3.63) is 83.1 Å². The molecule has 0 aliphatic rings. The second-order valence-electron chi connectivity index (χ2n) is 6.81. The van der Waals surface area contributed by atoms with Crippen LogP contribution in [0, 0.1) is 0 Å². The van der Waals surface area contributed by atoms with Gasteiger partial charge in [-0.05, 0) is 36.2 Å². The molecule has 1 aromatic heterocycles. The summed E-state index contributed by atoms with van der Waals surface area (Å²) in [4.78, 5) is 11.9. The summed E-state index contributed by atoms with van der Waals surface area (Å²) in [7, 11) is -3.21. The highest BCUT2D eigenvalue weighted by Gasteiger charge is 2.12. The molecule has 30 heavy (non-hydrogen) atoms. The molecule has 2 amide bonds. The van der Waals surface area contributed by atoms with Crippen molar-refractivity contribution in [2.24, 2.45) is 0 Å². The first-order chi connectivity index (χ1) is 14.4. The van der Waals surface area contributed by atoms with Crippen molar-refractivity contribution >= 4 is 27.5 Å². The smallest absolute Gasteiger partial charge is 0.315 e. The first-order valence-electron chi connectivity index (χ1n) is 9.47. The van der Waals surface area contributed by atoms with Crippen LogP contribution < -0.4 is 10.6 Å². The Morgan fingerprint density at radius 2 is 1.73 bits per heavy atom. The van der Waals surface area contributed by atoms with Gasteiger partial charge in [0.1, 0.15) is 0 Å². The van der Waals surface area contributed by atoms with Gasteiger partial charge in [0, 0.05) is 29.9 Å². The van der Waals surface area contributed by atoms with Crippen molar-refractivity contribution in [3.8, 4) is 5.69 Å². The number of aromatic nitrogens is 2. The zero-order chi connectivity index (χ0) is 21.4. The third-order valence-electron chi connectivity index (χ3n) is 4.33. The molecule has 0 bridgehead atoms. The lowest BCUT2D eigenvalue weighted by Crippen LogP contribution is -2.36. The van der Waals surface area contributed by atoms with Gasteiger partial charge in [0.2, 0.25) is 0 Å². The topological polar surface area (TPSA) is 93.1 Å². The van der Waals surface area contributed by atoms with Crippen molar-refractivity contribution in [2.45, 2.75) is 18.7 Å². The number of sulfone groups is 1. The highest BCUT2D eigenvalue weighted by atomic mass is 35.5. The van der Waals surface area contributed by atoms with E-state index >= 15 is 0 Å². The third-order valence-corrected chi connectivity index (χ3v) is 6.26. The summed E-state index contributed by atoms with van der Waals surface area (Å²) in [6.45, 7) is 0.593. The van der Waals surface area contributed by atoms with Crippen LogP contribution in [0.15, 0.2) is 67.0 Å². The first-order valence-corrected chi connectivity index (χ1v) is 11.7. The molecular formula is C21H23ClN4O3S. The quantitative estimate of drug-likeness (QED) is 0.493. The second-order valence-corrected chi connectivity index (χ2v) is 9.43. The molecule has 0 saturated carbocycles. The number of nitrogens with one attached hydrogen (secondary N) is 2. The molecule has 2 N–H and O–H groups in total. The van der Waals surface area contributed by atoms with Crippen LogP contribution in [-0.4, -0.2) is 36.5 Å². The minimum Gasteiger partial charge on any atom is -0.338 e. The molecule has 0 saturated heterocycles. The minimum atomic E-state index is -3.21. The summed E-state index contributed by atoms with van der Waals surface area (Å²) in [6.07, 6.45) is 3.85. The SMILES string of the molecule is O=C(NCCCS(=O)(=O)Cc1ccccc1)NCc1cnn(-c2ccc(Cl)cc2)c1. The molecule has 0 unspecified atom stereocenters. The largest absolute Gasteiger partial charge is 0.338 e. The average molecular weight is 447 g/mol. The lowest BCUT2D eigenvalue weighted by molar-refractivity contribution is 0.240. The lowest BCUT2D eigenvalue weighted by atomic mass is 10.2. The Bertz CT molecular complexity index is 1070. The second kappa shape index (κ2) is 10.3. The normalized spacial score (nSPS) is 11.2. The van der Waals surface area contributed by atoms with Gasteiger partial charge < -0.3 is 10.6 Å². The van der Waals surface area contributed by atoms with Crippen molar-refractivity contribution in [2.75, 3.05) is 12.3 Å². The van der Waals surface area contributed by atoms with Gasteiger partial charge in [-0.3, -0.25) is 0 Å². The van der Waals surface area contributed by atoms with Gasteiger partial charge in [-0.15, -0.1) is 0 Å². The summed E-state index contributed by atoms with van der Waals surface area (Å²) < 4.78 is 26.0. The summed E-state index contributed by atoms with van der Waals surface area (Å²) >= 11 is 5.88. The van der Waals surface area contributed by atoms with Crippen LogP contribution in [0.5, 0.6) is 0 Å². The maximum absolute atomic E-state index is 12.1. The third kappa shape index (κ3) is 6.89. The number of rotatable bonds is 9. The number of carbonyl (C=O) groups is 1. The van der Waals surface area contributed by atoms with E-state index in [1.54, 1.807) is 35.1 Å². The van der Waals surface area contributed by atoms with Crippen molar-refractivity contribution in [3.63, 3.8) is 0 Å². The molecule has 2 aromatic carbocycles. The standard InChI is InChI=1S/C21H23ClN4O3S/c22-19-7-9-20(10-8-19)26-15-18(14-25-26)13-24-21(27)23-11-4-12-30(28,29)16-17-5-2-1-3-6-17/h1-3,5-10,14-15H,4,11-13,16H2,(H2,23,24,27). The number of nitrogens with zero attached hydrogens (tertiary/aromatic N) is 2. The molecule has 0 aliphatic carbocycles. The predicted molar refractivity (Wildman–Crippen MR) is 117 cm³/mol. The lowest BCUT2D eigenvalue weighted by Gasteiger charge is -2.07. The maximum Gasteiger partial charge on any atom is 0.315 e. The zero-order valence-electron chi connectivity index (χ0n) is 16.3. The molecule has 3 rings (SSSR count). The summed E-state index contributed by atoms with van der Waals surface area (Å²) in [5.74, 6) is 0.0354. The van der Waals surface area contributed by atoms with Crippen LogP contribution in [0.1, 0.15) is 17.5 Å². The number of hydrogen-bond donors (Lipinski definition) is 2. The number of hydrogen-bond acceptors (Lipinski definition) is 4. The van der Waals surface area contributed by atoms with Gasteiger partial charge in [0.25, 0.3) is 0 Å². The van der Waals surface area contributed by atoms with E-state index in [4.69, 9.17) is 11.6 Å². The first kappa shape index (κ1) is 21.9. The maximum atomic E-state index is 12.1. The van der Waals surface area contributed by atoms with Crippen LogP contribution in [0.4, 0.5) is 4.79 Å². The van der Waals surface area contributed by atoms with E-state index in [-0.39, 0.29) is 24.1 Å². The molecule has 1 heterocycles. The monoisotopic (exact) mass is 446 g/mol. The Morgan fingerprint density at radius 1 is 1.00 bits per heavy atom. The van der Waals surface area contributed by atoms with Crippen LogP contribution in [0.25, 0.3) is 5.69 Å². The van der Waals surface area contributed by atoms with E-state index in [9.17, 15) is 13.2 Å². The highest BCUT2D eigenvalue weighted by Crippen LogP contribution is 2.13. The highest BCUT2D eigenvalue weighted by molar-refractivity contribution is 7.90. The average Bonchev–Trinajstić information content (AvgIpc) is 3.20. The summed E-state index contributed by atoms with van der Waals surface area (Å²) in [5, 5.41) is 10.3. The predicted octanol–water partition coefficient (Wildman–Crippen LogP) is 3.33. The Balaban J connectivity index is 1.37. The van der Waals surface area contributed by atoms with E-state index in [1.807, 2.05) is 36.5 Å². The van der Waals surface area contributed by atoms with Gasteiger partial charge in [0.15, 0.2) is 9.84 Å². The zero-order valence-corrected chi connectivity index (χ0v) is 17.9. The number of halogens is 1. The summed E-state index contributed by atoms with van der Waals surface area (Å²) in [5.41, 5.74) is 2.47. The Hall–Kier alpha value is -2.84.